The van der Waals surface area contributed by atoms with E-state index in [1.165, 1.54) is 0 Å². The Hall–Kier alpha value is -9.96. The van der Waals surface area contributed by atoms with Crippen LogP contribution in [0.2, 0.25) is 0 Å². The Balaban J connectivity index is 0.999. The summed E-state index contributed by atoms with van der Waals surface area (Å²) in [5, 5.41) is 19.8. The lowest BCUT2D eigenvalue weighted by Gasteiger charge is -2.38. The maximum Gasteiger partial charge on any atom is 0.349 e. The Labute approximate surface area is 514 Å². The Kier molecular flexibility index (Phi) is 24.9. The van der Waals surface area contributed by atoms with Gasteiger partial charge in [0.1, 0.15) is 43.1 Å². The van der Waals surface area contributed by atoms with Gasteiger partial charge in [-0.15, -0.1) is 0 Å². The first-order valence-electron chi connectivity index (χ1n) is 29.9. The Morgan fingerprint density at radius 3 is 1.00 bits per heavy atom. The van der Waals surface area contributed by atoms with E-state index in [0.29, 0.717) is 17.8 Å². The minimum absolute atomic E-state index is 0.0603. The predicted octanol–water partition coefficient (Wildman–Crippen LogP) is 16.0. The van der Waals surface area contributed by atoms with Gasteiger partial charge in [-0.05, 0) is 182 Å². The largest absolute Gasteiger partial charge is 0.466 e. The molecule has 0 spiro atoms. The number of esters is 3. The van der Waals surface area contributed by atoms with Crippen LogP contribution in [0.4, 0.5) is 17.1 Å². The van der Waals surface area contributed by atoms with Gasteiger partial charge in [0.2, 0.25) is 0 Å². The quantitative estimate of drug-likeness (QED) is 0.0140. The van der Waals surface area contributed by atoms with Gasteiger partial charge in [-0.2, -0.15) is 10.5 Å². The van der Waals surface area contributed by atoms with Gasteiger partial charge >= 0.3 is 17.9 Å². The lowest BCUT2D eigenvalue weighted by atomic mass is 9.71. The minimum Gasteiger partial charge on any atom is -0.466 e. The monoisotopic (exact) mass is 1160 g/mol. The summed E-state index contributed by atoms with van der Waals surface area (Å²) in [5.41, 5.74) is 10.6. The van der Waals surface area contributed by atoms with Crippen molar-refractivity contribution in [1.82, 2.24) is 0 Å². The van der Waals surface area contributed by atoms with Gasteiger partial charge in [-0.3, -0.25) is 4.79 Å². The molecular weight excluding hydrogens is 1080 g/mol. The van der Waals surface area contributed by atoms with Gasteiger partial charge in [0.15, 0.2) is 0 Å². The van der Waals surface area contributed by atoms with E-state index in [-0.39, 0.29) is 36.7 Å². The van der Waals surface area contributed by atoms with Gasteiger partial charge in [0, 0.05) is 56.3 Å². The third kappa shape index (κ3) is 19.5. The molecule has 6 aromatic rings. The molecule has 7 rings (SSSR count). The lowest BCUT2D eigenvalue weighted by Crippen LogP contribution is -2.33. The second-order valence-electron chi connectivity index (χ2n) is 21.7. The zero-order valence-corrected chi connectivity index (χ0v) is 50.4. The molecule has 1 saturated carbocycles. The highest BCUT2D eigenvalue weighted by Crippen LogP contribution is 2.40. The Morgan fingerprint density at radius 1 is 0.460 bits per heavy atom. The molecule has 0 aromatic heterocycles. The minimum atomic E-state index is -0.670. The summed E-state index contributed by atoms with van der Waals surface area (Å²) in [4.78, 5) is 49.6. The number of anilines is 3. The third-order valence-corrected chi connectivity index (χ3v) is 16.0. The van der Waals surface area contributed by atoms with Crippen LogP contribution in [0.3, 0.4) is 0 Å². The summed E-state index contributed by atoms with van der Waals surface area (Å²) < 4.78 is 16.5. The molecule has 12 heteroatoms. The van der Waals surface area contributed by atoms with Crippen molar-refractivity contribution in [2.45, 2.75) is 79.1 Å². The van der Waals surface area contributed by atoms with Crippen LogP contribution in [0.25, 0.3) is 41.3 Å². The van der Waals surface area contributed by atoms with Crippen LogP contribution in [-0.4, -0.2) is 57.2 Å². The lowest BCUT2D eigenvalue weighted by molar-refractivity contribution is -0.140. The predicted molar refractivity (Wildman–Crippen MR) is 352 cm³/mol. The van der Waals surface area contributed by atoms with Gasteiger partial charge in [-0.1, -0.05) is 147 Å². The molecule has 0 saturated heterocycles. The number of carbonyl (C=O) groups is 3. The average Bonchev–Trinajstić information content (AvgIpc) is 3.71. The number of benzene rings is 6. The number of carbonyl (C=O) groups excluding carboxylic acids is 3. The molecule has 0 aliphatic heterocycles. The van der Waals surface area contributed by atoms with Crippen molar-refractivity contribution in [3.8, 4) is 12.1 Å². The fraction of sp³-hybridized carbons (Fsp3) is 0.280. The normalized spacial score (nSPS) is 14.9. The van der Waals surface area contributed by atoms with E-state index in [9.17, 15) is 24.9 Å². The van der Waals surface area contributed by atoms with Gasteiger partial charge in [-0.25, -0.2) is 14.4 Å². The van der Waals surface area contributed by atoms with Crippen molar-refractivity contribution in [2.75, 3.05) is 54.0 Å². The number of rotatable bonds is 30. The molecule has 1 aliphatic carbocycles. The molecule has 2 unspecified atom stereocenters. The number of hydrogen-bond donors (Lipinski definition) is 0. The van der Waals surface area contributed by atoms with Crippen molar-refractivity contribution in [3.63, 3.8) is 0 Å². The zero-order valence-electron chi connectivity index (χ0n) is 50.4. The van der Waals surface area contributed by atoms with E-state index < -0.39 is 17.9 Å². The maximum absolute atomic E-state index is 13.0. The Bertz CT molecular complexity index is 3130. The molecule has 0 radical (unpaired) electrons. The first-order chi connectivity index (χ1) is 42.4. The standard InChI is InChI=1S/C75H78N6O6/c1-8-55-14-20-61(21-15-55)52-85-73(82)67(50-76)47-58-26-32-69(33-27-58)79(11-4)41-38-64-44-65(39-42-80(12-5)70-34-28-59(29-35-70)48-68(51-77)74(83)86-53-62-22-16-56(9-2)17-23-62)46-66(45-64)40-43-81(13-6)71-36-30-60(31-37-71)49-72(78-7)75(84)87-54-63-24-18-57(10-3)19-25-63/h8-10,14-37,47-49,64-66H,1-3,11-13,38-46,52-54H2,4-6H3/b67-47+,68-48+,72-49-. The van der Waals surface area contributed by atoms with Crippen molar-refractivity contribution in [2.24, 2.45) is 17.8 Å². The molecule has 6 aromatic carbocycles. The Morgan fingerprint density at radius 2 is 0.736 bits per heavy atom. The van der Waals surface area contributed by atoms with Gasteiger partial charge in [0.25, 0.3) is 5.70 Å². The molecule has 0 N–H and O–H groups in total. The van der Waals surface area contributed by atoms with E-state index >= 15 is 0 Å². The molecule has 12 nitrogen and oxygen atoms in total. The van der Waals surface area contributed by atoms with E-state index in [0.717, 1.165) is 145 Å². The van der Waals surface area contributed by atoms with Gasteiger partial charge < -0.3 is 28.9 Å². The van der Waals surface area contributed by atoms with E-state index in [2.05, 4.69) is 96.5 Å². The molecule has 2 atom stereocenters. The van der Waals surface area contributed by atoms with E-state index in [1.807, 2.05) is 121 Å². The van der Waals surface area contributed by atoms with E-state index in [4.69, 9.17) is 20.8 Å². The molecule has 444 valence electrons. The van der Waals surface area contributed by atoms with Crippen LogP contribution in [0.1, 0.15) is 109 Å². The van der Waals surface area contributed by atoms with Crippen molar-refractivity contribution < 1.29 is 28.6 Å². The average molecular weight is 1160 g/mol. The molecule has 0 heterocycles. The molecule has 0 amide bonds. The fourth-order valence-corrected chi connectivity index (χ4v) is 11.0. The number of ether oxygens (including phenoxy) is 3. The summed E-state index contributed by atoms with van der Waals surface area (Å²) in [5.74, 6) is -0.473. The number of nitriles is 2. The summed E-state index contributed by atoms with van der Waals surface area (Å²) in [6.45, 7) is 30.9. The smallest absolute Gasteiger partial charge is 0.349 e. The molecular formula is C75H78N6O6. The number of hydrogen-bond acceptors (Lipinski definition) is 11. The van der Waals surface area contributed by atoms with Crippen molar-refractivity contribution >= 4 is 71.4 Å². The third-order valence-electron chi connectivity index (χ3n) is 16.0. The van der Waals surface area contributed by atoms with Crippen LogP contribution >= 0.6 is 0 Å². The van der Waals surface area contributed by atoms with Crippen LogP contribution < -0.4 is 14.7 Å². The summed E-state index contributed by atoms with van der Waals surface area (Å²) in [7, 11) is 0. The molecule has 87 heavy (non-hydrogen) atoms. The summed E-state index contributed by atoms with van der Waals surface area (Å²) in [6.07, 6.45) is 16.5. The zero-order chi connectivity index (χ0) is 61.9. The summed E-state index contributed by atoms with van der Waals surface area (Å²) in [6, 6.07) is 50.7. The second-order valence-corrected chi connectivity index (χ2v) is 21.7. The topological polar surface area (TPSA) is 141 Å². The number of nitrogens with zero attached hydrogens (tertiary/aromatic N) is 6. The highest BCUT2D eigenvalue weighted by molar-refractivity contribution is 5.99. The van der Waals surface area contributed by atoms with Crippen LogP contribution in [0.15, 0.2) is 182 Å². The highest BCUT2D eigenvalue weighted by atomic mass is 16.5. The summed E-state index contributed by atoms with van der Waals surface area (Å²) >= 11 is 0. The molecule has 1 fully saturated rings. The van der Waals surface area contributed by atoms with Crippen LogP contribution in [0, 0.1) is 47.0 Å². The SMILES string of the molecule is [C-]#[N+]/C(=C\c1ccc(N(CC)CCC2CC(CCN(CC)c3ccc(/C=C(\C#N)C(=O)OCc4ccc(C=C)cc4)cc3)CC(CCN(CC)c3ccc(/C=C(\C#N)C(=O)OCc4ccc(C=C)cc4)cc3)C2)cc1)C(=O)OCc1ccc(C=C)cc1. The molecule has 1 aliphatic rings. The van der Waals surface area contributed by atoms with Gasteiger partial charge in [0.05, 0.1) is 6.57 Å². The van der Waals surface area contributed by atoms with E-state index in [1.54, 1.807) is 36.5 Å². The van der Waals surface area contributed by atoms with Crippen molar-refractivity contribution in [1.29, 1.82) is 10.5 Å². The first-order valence-corrected chi connectivity index (χ1v) is 29.9. The molecule has 0 bridgehead atoms. The highest BCUT2D eigenvalue weighted by Gasteiger charge is 2.30. The van der Waals surface area contributed by atoms with Crippen LogP contribution in [-0.2, 0) is 48.4 Å². The second kappa shape index (κ2) is 33.5. The van der Waals surface area contributed by atoms with Crippen LogP contribution in [0.5, 0.6) is 0 Å². The van der Waals surface area contributed by atoms with Crippen molar-refractivity contribution in [3.05, 3.63) is 244 Å². The fourth-order valence-electron chi connectivity index (χ4n) is 11.0. The maximum atomic E-state index is 13.0. The first kappa shape index (κ1) is 64.6.